The van der Waals surface area contributed by atoms with E-state index in [1.807, 2.05) is 39.0 Å². The Morgan fingerprint density at radius 2 is 1.95 bits per heavy atom. The molecule has 22 heavy (non-hydrogen) atoms. The summed E-state index contributed by atoms with van der Waals surface area (Å²) in [6, 6.07) is 5.67. The van der Waals surface area contributed by atoms with Crippen LogP contribution in [0.25, 0.3) is 0 Å². The van der Waals surface area contributed by atoms with E-state index in [1.54, 1.807) is 11.8 Å². The maximum atomic E-state index is 12.1. The molecule has 3 rings (SSSR count). The van der Waals surface area contributed by atoms with E-state index >= 15 is 0 Å². The Hall–Kier alpha value is -1.88. The number of Topliss-reactive ketones (excluding diaryl/α,β-unsaturated/α-hetero) is 1. The zero-order chi connectivity index (χ0) is 16.1. The van der Waals surface area contributed by atoms with E-state index in [1.165, 1.54) is 0 Å². The van der Waals surface area contributed by atoms with Crippen molar-refractivity contribution in [3.05, 3.63) is 34.9 Å². The second kappa shape index (κ2) is 4.81. The molecule has 0 bridgehead atoms. The number of hydrogen-bond donors (Lipinski definition) is 0. The smallest absolute Gasteiger partial charge is 0.410 e. The average Bonchev–Trinajstić information content (AvgIpc) is 2.73. The number of likely N-dealkylation sites (tertiary alicyclic amines) is 1. The summed E-state index contributed by atoms with van der Waals surface area (Å²) < 4.78 is 11.3. The van der Waals surface area contributed by atoms with E-state index in [0.717, 1.165) is 11.1 Å². The van der Waals surface area contributed by atoms with Crippen molar-refractivity contribution >= 4 is 11.9 Å². The van der Waals surface area contributed by atoms with E-state index in [2.05, 4.69) is 0 Å². The highest BCUT2D eigenvalue weighted by Crippen LogP contribution is 2.44. The minimum Gasteiger partial charge on any atom is -0.444 e. The molecule has 5 nitrogen and oxygen atoms in total. The van der Waals surface area contributed by atoms with Crippen LogP contribution >= 0.6 is 0 Å². The van der Waals surface area contributed by atoms with Crippen molar-refractivity contribution < 1.29 is 19.1 Å². The summed E-state index contributed by atoms with van der Waals surface area (Å²) in [5.41, 5.74) is 1.82. The molecule has 1 aromatic carbocycles. The van der Waals surface area contributed by atoms with Crippen molar-refractivity contribution in [2.24, 2.45) is 0 Å². The average molecular weight is 303 g/mol. The topological polar surface area (TPSA) is 55.8 Å². The minimum atomic E-state index is -0.504. The predicted octanol–water partition coefficient (Wildman–Crippen LogP) is 2.87. The van der Waals surface area contributed by atoms with Crippen molar-refractivity contribution in [3.8, 4) is 0 Å². The number of amides is 1. The van der Waals surface area contributed by atoms with E-state index in [0.29, 0.717) is 25.3 Å². The van der Waals surface area contributed by atoms with Crippen molar-refractivity contribution in [1.82, 2.24) is 4.90 Å². The van der Waals surface area contributed by atoms with Crippen molar-refractivity contribution in [3.63, 3.8) is 0 Å². The molecule has 2 aliphatic rings. The van der Waals surface area contributed by atoms with Crippen molar-refractivity contribution in [2.75, 3.05) is 13.1 Å². The first-order chi connectivity index (χ1) is 10.2. The molecular weight excluding hydrogens is 282 g/mol. The molecule has 1 spiro atoms. The third kappa shape index (κ3) is 2.50. The molecule has 5 heteroatoms. The first kappa shape index (κ1) is 15.0. The first-order valence-electron chi connectivity index (χ1n) is 7.46. The standard InChI is InChI=1S/C17H21NO4/c1-11(19)12-5-6-13-8-21-17(14(13)7-12)9-18(10-17)15(20)22-16(2,3)4/h5-7H,8-10H2,1-4H3. The summed E-state index contributed by atoms with van der Waals surface area (Å²) in [5.74, 6) is 0.0353. The second-order valence-electron chi connectivity index (χ2n) is 7.05. The monoisotopic (exact) mass is 303 g/mol. The molecule has 2 heterocycles. The van der Waals surface area contributed by atoms with Crippen LogP contribution in [0.1, 0.15) is 49.2 Å². The molecule has 0 N–H and O–H groups in total. The van der Waals surface area contributed by atoms with Gasteiger partial charge in [-0.1, -0.05) is 12.1 Å². The number of carbonyl (C=O) groups is 2. The normalized spacial score (nSPS) is 18.8. The molecule has 0 saturated carbocycles. The van der Waals surface area contributed by atoms with E-state index in [9.17, 15) is 9.59 Å². The number of rotatable bonds is 1. The lowest BCUT2D eigenvalue weighted by Crippen LogP contribution is -2.61. The highest BCUT2D eigenvalue weighted by Gasteiger charge is 2.52. The number of hydrogen-bond acceptors (Lipinski definition) is 4. The van der Waals surface area contributed by atoms with Crippen LogP contribution in [-0.2, 0) is 21.7 Å². The van der Waals surface area contributed by atoms with Gasteiger partial charge in [0, 0.05) is 5.56 Å². The molecular formula is C17H21NO4. The summed E-state index contributed by atoms with van der Waals surface area (Å²) in [7, 11) is 0. The Morgan fingerprint density at radius 3 is 2.55 bits per heavy atom. The van der Waals surface area contributed by atoms with Crippen LogP contribution < -0.4 is 0 Å². The van der Waals surface area contributed by atoms with Gasteiger partial charge < -0.3 is 14.4 Å². The van der Waals surface area contributed by atoms with Crippen LogP contribution in [0, 0.1) is 0 Å². The molecule has 2 aliphatic heterocycles. The highest BCUT2D eigenvalue weighted by molar-refractivity contribution is 5.94. The van der Waals surface area contributed by atoms with Gasteiger partial charge in [0.05, 0.1) is 19.7 Å². The Morgan fingerprint density at radius 1 is 1.27 bits per heavy atom. The molecule has 1 saturated heterocycles. The SMILES string of the molecule is CC(=O)c1ccc2c(c1)C1(CN(C(=O)OC(C)(C)C)C1)OC2. The lowest BCUT2D eigenvalue weighted by molar-refractivity contribution is -0.137. The van der Waals surface area contributed by atoms with Gasteiger partial charge >= 0.3 is 6.09 Å². The fraction of sp³-hybridized carbons (Fsp3) is 0.529. The van der Waals surface area contributed by atoms with Crippen molar-refractivity contribution in [1.29, 1.82) is 0 Å². The van der Waals surface area contributed by atoms with Gasteiger partial charge in [-0.25, -0.2) is 4.79 Å². The second-order valence-corrected chi connectivity index (χ2v) is 7.05. The Balaban J connectivity index is 1.76. The van der Waals surface area contributed by atoms with E-state index < -0.39 is 11.2 Å². The van der Waals surface area contributed by atoms with Crippen molar-refractivity contribution in [2.45, 2.75) is 45.5 Å². The number of ether oxygens (including phenoxy) is 2. The number of benzene rings is 1. The molecule has 0 aliphatic carbocycles. The summed E-state index contributed by atoms with van der Waals surface area (Å²) in [4.78, 5) is 25.3. The van der Waals surface area contributed by atoms with Crippen LogP contribution in [-0.4, -0.2) is 35.5 Å². The number of carbonyl (C=O) groups excluding carboxylic acids is 2. The lowest BCUT2D eigenvalue weighted by atomic mass is 9.84. The van der Waals surface area contributed by atoms with Crippen LogP contribution in [0.4, 0.5) is 4.79 Å². The van der Waals surface area contributed by atoms with Gasteiger partial charge in [0.15, 0.2) is 5.78 Å². The maximum Gasteiger partial charge on any atom is 0.410 e. The third-order valence-corrected chi connectivity index (χ3v) is 4.06. The van der Waals surface area contributed by atoms with Gasteiger partial charge in [-0.05, 0) is 44.9 Å². The molecule has 118 valence electrons. The minimum absolute atomic E-state index is 0.0353. The Labute approximate surface area is 130 Å². The summed E-state index contributed by atoms with van der Waals surface area (Å²) >= 11 is 0. The van der Waals surface area contributed by atoms with E-state index in [4.69, 9.17) is 9.47 Å². The fourth-order valence-corrected chi connectivity index (χ4v) is 2.93. The zero-order valence-corrected chi connectivity index (χ0v) is 13.4. The molecule has 1 fully saturated rings. The maximum absolute atomic E-state index is 12.1. The Bertz CT molecular complexity index is 639. The number of fused-ring (bicyclic) bond motifs is 2. The molecule has 0 aromatic heterocycles. The molecule has 1 aromatic rings. The molecule has 0 radical (unpaired) electrons. The predicted molar refractivity (Wildman–Crippen MR) is 80.7 cm³/mol. The Kier molecular flexibility index (Phi) is 3.29. The van der Waals surface area contributed by atoms with Gasteiger partial charge in [0.25, 0.3) is 0 Å². The summed E-state index contributed by atoms with van der Waals surface area (Å²) in [5, 5.41) is 0. The van der Waals surface area contributed by atoms with Gasteiger partial charge in [0.1, 0.15) is 11.2 Å². The van der Waals surface area contributed by atoms with Gasteiger partial charge in [-0.2, -0.15) is 0 Å². The van der Waals surface area contributed by atoms with Crippen LogP contribution in [0.3, 0.4) is 0 Å². The van der Waals surface area contributed by atoms with Gasteiger partial charge in [0.2, 0.25) is 0 Å². The molecule has 0 atom stereocenters. The van der Waals surface area contributed by atoms with Crippen LogP contribution in [0.2, 0.25) is 0 Å². The third-order valence-electron chi connectivity index (χ3n) is 4.06. The molecule has 0 unspecified atom stereocenters. The van der Waals surface area contributed by atoms with E-state index in [-0.39, 0.29) is 11.9 Å². The largest absolute Gasteiger partial charge is 0.444 e. The first-order valence-corrected chi connectivity index (χ1v) is 7.46. The summed E-state index contributed by atoms with van der Waals surface area (Å²) in [6.45, 7) is 8.56. The van der Waals surface area contributed by atoms with Gasteiger partial charge in [-0.15, -0.1) is 0 Å². The number of nitrogens with zero attached hydrogens (tertiary/aromatic N) is 1. The molecule has 1 amide bonds. The quantitative estimate of drug-likeness (QED) is 0.749. The van der Waals surface area contributed by atoms with Gasteiger partial charge in [-0.3, -0.25) is 4.79 Å². The van der Waals surface area contributed by atoms with Crippen LogP contribution in [0.5, 0.6) is 0 Å². The van der Waals surface area contributed by atoms with Crippen LogP contribution in [0.15, 0.2) is 18.2 Å². The highest BCUT2D eigenvalue weighted by atomic mass is 16.6. The number of ketones is 1. The zero-order valence-electron chi connectivity index (χ0n) is 13.4. The fourth-order valence-electron chi connectivity index (χ4n) is 2.93. The summed E-state index contributed by atoms with van der Waals surface area (Å²) in [6.07, 6.45) is -0.321. The lowest BCUT2D eigenvalue weighted by Gasteiger charge is -2.47.